The molecule has 0 aliphatic heterocycles. The van der Waals surface area contributed by atoms with Gasteiger partial charge in [0, 0.05) is 30.1 Å². The van der Waals surface area contributed by atoms with Crippen LogP contribution in [0.3, 0.4) is 0 Å². The Morgan fingerprint density at radius 3 is 2.60 bits per heavy atom. The summed E-state index contributed by atoms with van der Waals surface area (Å²) in [6.07, 6.45) is 1.69. The largest absolute Gasteiger partial charge is 0.383 e. The standard InChI is InChI=1S/C11H14N4/c1-7-10(8(2)15(3)14-7)9-5-4-6-13-11(9)12/h4-6H,1-3H3,(H2,12,13). The number of rotatable bonds is 1. The summed E-state index contributed by atoms with van der Waals surface area (Å²) < 4.78 is 1.86. The number of nitrogens with zero attached hydrogens (tertiary/aromatic N) is 3. The van der Waals surface area contributed by atoms with Gasteiger partial charge in [-0.25, -0.2) is 4.98 Å². The maximum Gasteiger partial charge on any atom is 0.131 e. The second-order valence-electron chi connectivity index (χ2n) is 3.61. The van der Waals surface area contributed by atoms with E-state index in [9.17, 15) is 0 Å². The lowest BCUT2D eigenvalue weighted by atomic mass is 10.1. The summed E-state index contributed by atoms with van der Waals surface area (Å²) in [5.41, 5.74) is 9.98. The number of nitrogens with two attached hydrogens (primary N) is 1. The van der Waals surface area contributed by atoms with Crippen LogP contribution in [0.25, 0.3) is 11.1 Å². The Hall–Kier alpha value is -1.84. The molecule has 78 valence electrons. The van der Waals surface area contributed by atoms with Gasteiger partial charge < -0.3 is 5.73 Å². The van der Waals surface area contributed by atoms with Gasteiger partial charge in [0.25, 0.3) is 0 Å². The van der Waals surface area contributed by atoms with E-state index in [0.29, 0.717) is 5.82 Å². The molecule has 2 aromatic rings. The average Bonchev–Trinajstić information content (AvgIpc) is 2.43. The van der Waals surface area contributed by atoms with Crippen molar-refractivity contribution in [1.29, 1.82) is 0 Å². The van der Waals surface area contributed by atoms with Gasteiger partial charge >= 0.3 is 0 Å². The predicted octanol–water partition coefficient (Wildman–Crippen LogP) is 1.68. The minimum Gasteiger partial charge on any atom is -0.383 e. The third kappa shape index (κ3) is 1.48. The van der Waals surface area contributed by atoms with Gasteiger partial charge in [0.2, 0.25) is 0 Å². The first-order chi connectivity index (χ1) is 7.11. The zero-order valence-electron chi connectivity index (χ0n) is 9.15. The van der Waals surface area contributed by atoms with Crippen molar-refractivity contribution >= 4 is 5.82 Å². The Bertz CT molecular complexity index is 499. The lowest BCUT2D eigenvalue weighted by molar-refractivity contribution is 0.731. The second-order valence-corrected chi connectivity index (χ2v) is 3.61. The van der Waals surface area contributed by atoms with E-state index >= 15 is 0 Å². The summed E-state index contributed by atoms with van der Waals surface area (Å²) >= 11 is 0. The molecule has 0 saturated carbocycles. The van der Waals surface area contributed by atoms with Crippen LogP contribution in [0.1, 0.15) is 11.4 Å². The molecule has 2 rings (SSSR count). The number of anilines is 1. The number of nitrogen functional groups attached to an aromatic ring is 1. The van der Waals surface area contributed by atoms with E-state index in [-0.39, 0.29) is 0 Å². The highest BCUT2D eigenvalue weighted by Crippen LogP contribution is 2.29. The number of pyridine rings is 1. The van der Waals surface area contributed by atoms with Gasteiger partial charge in [0.1, 0.15) is 5.82 Å². The van der Waals surface area contributed by atoms with Gasteiger partial charge in [-0.15, -0.1) is 0 Å². The van der Waals surface area contributed by atoms with Gasteiger partial charge in [-0.05, 0) is 26.0 Å². The van der Waals surface area contributed by atoms with Crippen molar-refractivity contribution < 1.29 is 0 Å². The van der Waals surface area contributed by atoms with Gasteiger partial charge in [-0.2, -0.15) is 5.10 Å². The molecule has 0 spiro atoms. The van der Waals surface area contributed by atoms with Gasteiger partial charge in [-0.1, -0.05) is 0 Å². The SMILES string of the molecule is Cc1nn(C)c(C)c1-c1cccnc1N. The Labute approximate surface area is 88.8 Å². The van der Waals surface area contributed by atoms with Crippen molar-refractivity contribution in [1.82, 2.24) is 14.8 Å². The first kappa shape index (κ1) is 9.71. The Morgan fingerprint density at radius 1 is 1.33 bits per heavy atom. The summed E-state index contributed by atoms with van der Waals surface area (Å²) in [7, 11) is 1.93. The molecule has 0 amide bonds. The maximum atomic E-state index is 5.85. The fourth-order valence-corrected chi connectivity index (χ4v) is 1.79. The molecule has 0 saturated heterocycles. The van der Waals surface area contributed by atoms with Crippen molar-refractivity contribution in [2.75, 3.05) is 5.73 Å². The third-order valence-electron chi connectivity index (χ3n) is 2.62. The molecule has 2 heterocycles. The van der Waals surface area contributed by atoms with Crippen molar-refractivity contribution in [3.8, 4) is 11.1 Å². The molecule has 0 atom stereocenters. The summed E-state index contributed by atoms with van der Waals surface area (Å²) in [4.78, 5) is 4.09. The number of aromatic nitrogens is 3. The van der Waals surface area contributed by atoms with Crippen LogP contribution in [0.15, 0.2) is 18.3 Å². The predicted molar refractivity (Wildman–Crippen MR) is 60.3 cm³/mol. The molecule has 2 aromatic heterocycles. The molecule has 4 heteroatoms. The van der Waals surface area contributed by atoms with Crippen LogP contribution >= 0.6 is 0 Å². The molecular weight excluding hydrogens is 188 g/mol. The number of hydrogen-bond donors (Lipinski definition) is 1. The molecule has 0 unspecified atom stereocenters. The summed E-state index contributed by atoms with van der Waals surface area (Å²) in [6.45, 7) is 4.01. The van der Waals surface area contributed by atoms with Crippen LogP contribution in [0.2, 0.25) is 0 Å². The lowest BCUT2D eigenvalue weighted by Gasteiger charge is -2.04. The molecule has 15 heavy (non-hydrogen) atoms. The van der Waals surface area contributed by atoms with Crippen molar-refractivity contribution in [3.63, 3.8) is 0 Å². The Morgan fingerprint density at radius 2 is 2.07 bits per heavy atom. The van der Waals surface area contributed by atoms with Crippen LogP contribution in [-0.4, -0.2) is 14.8 Å². The molecule has 4 nitrogen and oxygen atoms in total. The lowest BCUT2D eigenvalue weighted by Crippen LogP contribution is -1.95. The van der Waals surface area contributed by atoms with E-state index in [0.717, 1.165) is 22.5 Å². The minimum atomic E-state index is 0.553. The van der Waals surface area contributed by atoms with Crippen LogP contribution in [0.4, 0.5) is 5.82 Å². The van der Waals surface area contributed by atoms with Gasteiger partial charge in [0.15, 0.2) is 0 Å². The van der Waals surface area contributed by atoms with E-state index in [4.69, 9.17) is 5.73 Å². The monoisotopic (exact) mass is 202 g/mol. The molecule has 0 bridgehead atoms. The molecule has 2 N–H and O–H groups in total. The fourth-order valence-electron chi connectivity index (χ4n) is 1.79. The first-order valence-electron chi connectivity index (χ1n) is 4.82. The van der Waals surface area contributed by atoms with E-state index < -0.39 is 0 Å². The van der Waals surface area contributed by atoms with E-state index in [1.807, 2.05) is 37.7 Å². The summed E-state index contributed by atoms with van der Waals surface area (Å²) in [5.74, 6) is 0.553. The zero-order chi connectivity index (χ0) is 11.0. The topological polar surface area (TPSA) is 56.7 Å². The van der Waals surface area contributed by atoms with Crippen molar-refractivity contribution in [2.45, 2.75) is 13.8 Å². The Kier molecular flexibility index (Phi) is 2.19. The highest BCUT2D eigenvalue weighted by molar-refractivity contribution is 5.76. The smallest absolute Gasteiger partial charge is 0.131 e. The summed E-state index contributed by atoms with van der Waals surface area (Å²) in [5, 5.41) is 4.36. The van der Waals surface area contributed by atoms with Crippen molar-refractivity contribution in [3.05, 3.63) is 29.7 Å². The van der Waals surface area contributed by atoms with E-state index in [1.54, 1.807) is 6.20 Å². The van der Waals surface area contributed by atoms with E-state index in [1.165, 1.54) is 0 Å². The molecule has 0 fully saturated rings. The quantitative estimate of drug-likeness (QED) is 0.765. The maximum absolute atomic E-state index is 5.85. The first-order valence-corrected chi connectivity index (χ1v) is 4.82. The van der Waals surface area contributed by atoms with E-state index in [2.05, 4.69) is 10.1 Å². The van der Waals surface area contributed by atoms with Crippen LogP contribution in [0.5, 0.6) is 0 Å². The molecule has 0 aliphatic carbocycles. The Balaban J connectivity index is 2.69. The highest BCUT2D eigenvalue weighted by atomic mass is 15.3. The average molecular weight is 202 g/mol. The number of aryl methyl sites for hydroxylation is 2. The minimum absolute atomic E-state index is 0.553. The normalized spacial score (nSPS) is 10.6. The van der Waals surface area contributed by atoms with Gasteiger partial charge in [-0.3, -0.25) is 4.68 Å². The molecule has 0 aliphatic rings. The number of hydrogen-bond acceptors (Lipinski definition) is 3. The van der Waals surface area contributed by atoms with Crippen LogP contribution in [0, 0.1) is 13.8 Å². The summed E-state index contributed by atoms with van der Waals surface area (Å²) in [6, 6.07) is 3.86. The van der Waals surface area contributed by atoms with Crippen molar-refractivity contribution in [2.24, 2.45) is 7.05 Å². The van der Waals surface area contributed by atoms with Crippen LogP contribution < -0.4 is 5.73 Å². The molecule has 0 radical (unpaired) electrons. The molecule has 0 aromatic carbocycles. The van der Waals surface area contributed by atoms with Crippen LogP contribution in [-0.2, 0) is 7.05 Å². The van der Waals surface area contributed by atoms with Gasteiger partial charge in [0.05, 0.1) is 5.69 Å². The third-order valence-corrected chi connectivity index (χ3v) is 2.62. The zero-order valence-corrected chi connectivity index (χ0v) is 9.15. The second kappa shape index (κ2) is 3.38. The highest BCUT2D eigenvalue weighted by Gasteiger charge is 2.13. The molecular formula is C11H14N4. The fraction of sp³-hybridized carbons (Fsp3) is 0.273.